The van der Waals surface area contributed by atoms with Gasteiger partial charge in [-0.15, -0.1) is 0 Å². The van der Waals surface area contributed by atoms with Crippen LogP contribution in [-0.2, 0) is 28.8 Å². The third-order valence-electron chi connectivity index (χ3n) is 3.12. The minimum Gasteiger partial charge on any atom is -0.480 e. The largest absolute Gasteiger partial charge is 0.480 e. The number of imide groups is 1. The van der Waals surface area contributed by atoms with Gasteiger partial charge < -0.3 is 25.9 Å². The van der Waals surface area contributed by atoms with Gasteiger partial charge in [0.25, 0.3) is 0 Å². The number of hydrogen-bond donors (Lipinski definition) is 4. The van der Waals surface area contributed by atoms with Crippen molar-refractivity contribution in [3.05, 3.63) is 0 Å². The first-order valence-electron chi connectivity index (χ1n) is 7.12. The molecule has 0 bridgehead atoms. The molecule has 24 heavy (non-hydrogen) atoms. The molecule has 1 heterocycles. The van der Waals surface area contributed by atoms with Crippen molar-refractivity contribution in [2.24, 2.45) is 0 Å². The van der Waals surface area contributed by atoms with Crippen molar-refractivity contribution in [1.82, 2.24) is 20.9 Å². The van der Waals surface area contributed by atoms with E-state index in [1.54, 1.807) is 0 Å². The third kappa shape index (κ3) is 5.76. The van der Waals surface area contributed by atoms with Crippen LogP contribution in [0.4, 0.5) is 0 Å². The number of aldehydes is 1. The fourth-order valence-electron chi connectivity index (χ4n) is 2.06. The molecule has 0 aromatic rings. The topological polar surface area (TPSA) is 162 Å². The van der Waals surface area contributed by atoms with Gasteiger partial charge >= 0.3 is 5.97 Å². The smallest absolute Gasteiger partial charge is 0.317 e. The number of rotatable bonds is 10. The Morgan fingerprint density at radius 2 is 1.75 bits per heavy atom. The Labute approximate surface area is 136 Å². The number of carboxylic acid groups (broad SMARTS) is 1. The van der Waals surface area contributed by atoms with E-state index >= 15 is 0 Å². The summed E-state index contributed by atoms with van der Waals surface area (Å²) in [7, 11) is 0. The van der Waals surface area contributed by atoms with E-state index in [9.17, 15) is 28.8 Å². The molecule has 0 saturated carbocycles. The van der Waals surface area contributed by atoms with Crippen molar-refractivity contribution < 1.29 is 33.9 Å². The van der Waals surface area contributed by atoms with E-state index in [-0.39, 0.29) is 25.9 Å². The van der Waals surface area contributed by atoms with Gasteiger partial charge in [0, 0.05) is 19.4 Å². The van der Waals surface area contributed by atoms with Crippen molar-refractivity contribution in [3.63, 3.8) is 0 Å². The standard InChI is InChI=1S/C13H18N4O7/c18-4-3-15-9(19)6-16-13(24)8(5-14-7-12(22)23)17-10(20)1-2-11(17)21/h4,8,14H,1-3,5-7H2,(H,15,19)(H,16,24)(H,22,23). The SMILES string of the molecule is O=CCNC(=O)CNC(=O)C(CNCC(=O)O)N1C(=O)CCC1=O. The third-order valence-corrected chi connectivity index (χ3v) is 3.12. The molecule has 4 N–H and O–H groups in total. The average molecular weight is 342 g/mol. The molecule has 11 nitrogen and oxygen atoms in total. The van der Waals surface area contributed by atoms with Gasteiger partial charge in [-0.05, 0) is 0 Å². The van der Waals surface area contributed by atoms with Gasteiger partial charge in [-0.3, -0.25) is 28.9 Å². The molecule has 0 aliphatic carbocycles. The molecule has 1 aliphatic rings. The molecule has 0 radical (unpaired) electrons. The van der Waals surface area contributed by atoms with Gasteiger partial charge in [-0.25, -0.2) is 0 Å². The second-order valence-corrected chi connectivity index (χ2v) is 4.89. The van der Waals surface area contributed by atoms with Crippen molar-refractivity contribution >= 4 is 35.9 Å². The first-order chi connectivity index (χ1) is 11.4. The number of carbonyl (C=O) groups excluding carboxylic acids is 5. The van der Waals surface area contributed by atoms with Crippen LogP contribution in [0.1, 0.15) is 12.8 Å². The van der Waals surface area contributed by atoms with E-state index in [0.717, 1.165) is 4.90 Å². The molecule has 0 aromatic heterocycles. The highest BCUT2D eigenvalue weighted by atomic mass is 16.4. The summed E-state index contributed by atoms with van der Waals surface area (Å²) in [4.78, 5) is 68.5. The summed E-state index contributed by atoms with van der Waals surface area (Å²) in [5, 5.41) is 15.5. The highest BCUT2D eigenvalue weighted by Gasteiger charge is 2.38. The molecule has 1 unspecified atom stereocenters. The molecule has 1 rings (SSSR count). The van der Waals surface area contributed by atoms with E-state index in [1.807, 2.05) is 0 Å². The summed E-state index contributed by atoms with van der Waals surface area (Å²) in [5.41, 5.74) is 0. The van der Waals surface area contributed by atoms with Gasteiger partial charge in [0.1, 0.15) is 12.3 Å². The molecule has 0 aromatic carbocycles. The summed E-state index contributed by atoms with van der Waals surface area (Å²) in [5.74, 6) is -3.64. The lowest BCUT2D eigenvalue weighted by molar-refractivity contribution is -0.146. The van der Waals surface area contributed by atoms with Crippen molar-refractivity contribution in [2.45, 2.75) is 18.9 Å². The number of hydrogen-bond acceptors (Lipinski definition) is 7. The minimum absolute atomic E-state index is 0.0264. The predicted octanol–water partition coefficient (Wildman–Crippen LogP) is -3.39. The number of likely N-dealkylation sites (tertiary alicyclic amines) is 1. The van der Waals surface area contributed by atoms with Crippen LogP contribution < -0.4 is 16.0 Å². The molecule has 1 atom stereocenters. The van der Waals surface area contributed by atoms with E-state index in [4.69, 9.17) is 5.11 Å². The Kier molecular flexibility index (Phi) is 7.49. The zero-order valence-corrected chi connectivity index (χ0v) is 12.7. The second-order valence-electron chi connectivity index (χ2n) is 4.89. The summed E-state index contributed by atoms with van der Waals surface area (Å²) in [6.45, 7) is -1.37. The van der Waals surface area contributed by atoms with Crippen LogP contribution in [0, 0.1) is 0 Å². The Bertz CT molecular complexity index is 532. The lowest BCUT2D eigenvalue weighted by Crippen LogP contribution is -2.55. The Balaban J connectivity index is 2.68. The van der Waals surface area contributed by atoms with Crippen LogP contribution in [0.25, 0.3) is 0 Å². The summed E-state index contributed by atoms with van der Waals surface area (Å²) in [6, 6.07) is -1.26. The van der Waals surface area contributed by atoms with E-state index < -0.39 is 48.7 Å². The number of nitrogens with one attached hydrogen (secondary N) is 3. The molecule has 1 aliphatic heterocycles. The van der Waals surface area contributed by atoms with Gasteiger partial charge in [0.05, 0.1) is 19.6 Å². The van der Waals surface area contributed by atoms with E-state index in [0.29, 0.717) is 6.29 Å². The Hall–Kier alpha value is -2.82. The van der Waals surface area contributed by atoms with Crippen LogP contribution in [0.2, 0.25) is 0 Å². The van der Waals surface area contributed by atoms with Crippen LogP contribution in [0.3, 0.4) is 0 Å². The van der Waals surface area contributed by atoms with Crippen molar-refractivity contribution in [3.8, 4) is 0 Å². The Morgan fingerprint density at radius 1 is 1.12 bits per heavy atom. The monoisotopic (exact) mass is 342 g/mol. The number of amides is 4. The Morgan fingerprint density at radius 3 is 2.29 bits per heavy atom. The minimum atomic E-state index is -1.26. The maximum atomic E-state index is 12.2. The van der Waals surface area contributed by atoms with Gasteiger partial charge in [0.15, 0.2) is 0 Å². The molecule has 4 amide bonds. The van der Waals surface area contributed by atoms with E-state index in [1.165, 1.54) is 0 Å². The number of aliphatic carboxylic acids is 1. The molecule has 132 valence electrons. The first-order valence-corrected chi connectivity index (χ1v) is 7.12. The highest BCUT2D eigenvalue weighted by molar-refractivity contribution is 6.06. The highest BCUT2D eigenvalue weighted by Crippen LogP contribution is 2.15. The summed E-state index contributed by atoms with van der Waals surface area (Å²) >= 11 is 0. The maximum absolute atomic E-state index is 12.2. The quantitative estimate of drug-likeness (QED) is 0.236. The van der Waals surface area contributed by atoms with Gasteiger partial charge in [-0.1, -0.05) is 0 Å². The van der Waals surface area contributed by atoms with Crippen LogP contribution in [-0.4, -0.2) is 78.1 Å². The number of nitrogens with zero attached hydrogens (tertiary/aromatic N) is 1. The number of carbonyl (C=O) groups is 6. The second kappa shape index (κ2) is 9.35. The van der Waals surface area contributed by atoms with Crippen molar-refractivity contribution in [1.29, 1.82) is 0 Å². The molecule has 0 spiro atoms. The maximum Gasteiger partial charge on any atom is 0.317 e. The summed E-state index contributed by atoms with van der Waals surface area (Å²) in [6.07, 6.45) is 0.419. The van der Waals surface area contributed by atoms with Gasteiger partial charge in [0.2, 0.25) is 23.6 Å². The van der Waals surface area contributed by atoms with Gasteiger partial charge in [-0.2, -0.15) is 0 Å². The first kappa shape index (κ1) is 19.2. The fourth-order valence-corrected chi connectivity index (χ4v) is 2.06. The molecular weight excluding hydrogens is 324 g/mol. The predicted molar refractivity (Wildman–Crippen MR) is 77.5 cm³/mol. The zero-order chi connectivity index (χ0) is 18.1. The van der Waals surface area contributed by atoms with Crippen LogP contribution >= 0.6 is 0 Å². The van der Waals surface area contributed by atoms with E-state index in [2.05, 4.69) is 16.0 Å². The molecular formula is C13H18N4O7. The fraction of sp³-hybridized carbons (Fsp3) is 0.538. The lowest BCUT2D eigenvalue weighted by Gasteiger charge is -2.25. The lowest BCUT2D eigenvalue weighted by atomic mass is 10.2. The van der Waals surface area contributed by atoms with Crippen molar-refractivity contribution in [2.75, 3.05) is 26.2 Å². The van der Waals surface area contributed by atoms with Crippen LogP contribution in [0.15, 0.2) is 0 Å². The molecule has 1 saturated heterocycles. The molecule has 1 fully saturated rings. The summed E-state index contributed by atoms with van der Waals surface area (Å²) < 4.78 is 0. The average Bonchev–Trinajstić information content (AvgIpc) is 2.86. The zero-order valence-electron chi connectivity index (χ0n) is 12.7. The number of carboxylic acids is 1. The normalized spacial score (nSPS) is 15.1. The molecule has 11 heteroatoms. The van der Waals surface area contributed by atoms with Crippen LogP contribution in [0.5, 0.6) is 0 Å².